The zero-order valence-electron chi connectivity index (χ0n) is 10.3. The Bertz CT molecular complexity index is 573. The number of methoxy groups -OCH3 is 1. The van der Waals surface area contributed by atoms with Crippen molar-refractivity contribution in [3.8, 4) is 22.6 Å². The maximum absolute atomic E-state index is 12.1. The van der Waals surface area contributed by atoms with Crippen LogP contribution in [0.4, 0.5) is 14.5 Å². The number of benzene rings is 2. The number of ether oxygens (including phenoxy) is 2. The molecule has 0 heterocycles. The van der Waals surface area contributed by atoms with Crippen molar-refractivity contribution in [3.63, 3.8) is 0 Å². The van der Waals surface area contributed by atoms with Crippen LogP contribution in [0, 0.1) is 0 Å². The third-order valence-electron chi connectivity index (χ3n) is 2.64. The van der Waals surface area contributed by atoms with Gasteiger partial charge in [0, 0.05) is 5.56 Å². The zero-order chi connectivity index (χ0) is 13.8. The Morgan fingerprint density at radius 3 is 2.42 bits per heavy atom. The Balaban J connectivity index is 2.39. The molecule has 0 radical (unpaired) electrons. The lowest BCUT2D eigenvalue weighted by atomic mass is 10.0. The lowest BCUT2D eigenvalue weighted by Gasteiger charge is -2.11. The summed E-state index contributed by atoms with van der Waals surface area (Å²) in [6.45, 7) is -2.89. The van der Waals surface area contributed by atoms with Crippen molar-refractivity contribution in [3.05, 3.63) is 42.5 Å². The van der Waals surface area contributed by atoms with Crippen molar-refractivity contribution >= 4 is 5.69 Å². The number of halogens is 2. The molecule has 2 rings (SSSR count). The standard InChI is InChI=1S/C14H13F2NO2/c1-18-12-5-3-2-4-10(12)9-6-7-13(11(17)8-9)19-14(15)16/h2-8,14H,17H2,1H3. The molecule has 0 atom stereocenters. The van der Waals surface area contributed by atoms with Gasteiger partial charge in [0.25, 0.3) is 0 Å². The minimum Gasteiger partial charge on any atom is -0.496 e. The molecular formula is C14H13F2NO2. The van der Waals surface area contributed by atoms with Gasteiger partial charge in [0.1, 0.15) is 11.5 Å². The fourth-order valence-electron chi connectivity index (χ4n) is 1.80. The van der Waals surface area contributed by atoms with Gasteiger partial charge < -0.3 is 15.2 Å². The number of para-hydroxylation sites is 1. The van der Waals surface area contributed by atoms with Crippen LogP contribution >= 0.6 is 0 Å². The Kier molecular flexibility index (Phi) is 3.85. The van der Waals surface area contributed by atoms with E-state index in [1.54, 1.807) is 19.2 Å². The smallest absolute Gasteiger partial charge is 0.387 e. The van der Waals surface area contributed by atoms with E-state index in [4.69, 9.17) is 10.5 Å². The maximum atomic E-state index is 12.1. The molecule has 0 aliphatic carbocycles. The molecule has 0 aliphatic heterocycles. The number of nitrogens with two attached hydrogens (primary N) is 1. The van der Waals surface area contributed by atoms with E-state index < -0.39 is 6.61 Å². The summed E-state index contributed by atoms with van der Waals surface area (Å²) in [6.07, 6.45) is 0. The first-order valence-electron chi connectivity index (χ1n) is 5.59. The second-order valence-electron chi connectivity index (χ2n) is 3.83. The second-order valence-corrected chi connectivity index (χ2v) is 3.83. The van der Waals surface area contributed by atoms with E-state index in [9.17, 15) is 8.78 Å². The zero-order valence-corrected chi connectivity index (χ0v) is 10.3. The van der Waals surface area contributed by atoms with Crippen molar-refractivity contribution in [2.45, 2.75) is 6.61 Å². The minimum atomic E-state index is -2.89. The van der Waals surface area contributed by atoms with Gasteiger partial charge in [-0.15, -0.1) is 0 Å². The van der Waals surface area contributed by atoms with Crippen LogP contribution in [0.5, 0.6) is 11.5 Å². The SMILES string of the molecule is COc1ccccc1-c1ccc(OC(F)F)c(N)c1. The van der Waals surface area contributed by atoms with Gasteiger partial charge in [-0.05, 0) is 23.8 Å². The molecule has 100 valence electrons. The summed E-state index contributed by atoms with van der Waals surface area (Å²) >= 11 is 0. The summed E-state index contributed by atoms with van der Waals surface area (Å²) < 4.78 is 33.8. The molecule has 0 saturated carbocycles. The number of anilines is 1. The average Bonchev–Trinajstić information content (AvgIpc) is 2.40. The van der Waals surface area contributed by atoms with Crippen molar-refractivity contribution < 1.29 is 18.3 Å². The summed E-state index contributed by atoms with van der Waals surface area (Å²) in [6, 6.07) is 12.0. The lowest BCUT2D eigenvalue weighted by molar-refractivity contribution is -0.0493. The number of hydrogen-bond donors (Lipinski definition) is 1. The third-order valence-corrected chi connectivity index (χ3v) is 2.64. The molecule has 2 N–H and O–H groups in total. The number of hydrogen-bond acceptors (Lipinski definition) is 3. The Morgan fingerprint density at radius 2 is 1.79 bits per heavy atom. The van der Waals surface area contributed by atoms with Crippen LogP contribution < -0.4 is 15.2 Å². The van der Waals surface area contributed by atoms with Gasteiger partial charge in [0.05, 0.1) is 12.8 Å². The molecule has 0 amide bonds. The quantitative estimate of drug-likeness (QED) is 0.860. The van der Waals surface area contributed by atoms with Crippen LogP contribution in [0.15, 0.2) is 42.5 Å². The molecule has 0 unspecified atom stereocenters. The molecule has 0 aliphatic rings. The lowest BCUT2D eigenvalue weighted by Crippen LogP contribution is -2.04. The molecule has 19 heavy (non-hydrogen) atoms. The van der Waals surface area contributed by atoms with E-state index in [0.717, 1.165) is 11.1 Å². The first-order valence-corrected chi connectivity index (χ1v) is 5.59. The third kappa shape index (κ3) is 2.93. The van der Waals surface area contributed by atoms with E-state index in [1.807, 2.05) is 24.3 Å². The highest BCUT2D eigenvalue weighted by atomic mass is 19.3. The van der Waals surface area contributed by atoms with Gasteiger partial charge in [-0.2, -0.15) is 8.78 Å². The van der Waals surface area contributed by atoms with Crippen molar-refractivity contribution in [1.29, 1.82) is 0 Å². The van der Waals surface area contributed by atoms with Gasteiger partial charge in [-0.25, -0.2) is 0 Å². The minimum absolute atomic E-state index is 0.0337. The number of nitrogen functional groups attached to an aromatic ring is 1. The van der Waals surface area contributed by atoms with Crippen LogP contribution in [0.1, 0.15) is 0 Å². The summed E-state index contributed by atoms with van der Waals surface area (Å²) in [5.74, 6) is 0.651. The van der Waals surface area contributed by atoms with Gasteiger partial charge in [-0.3, -0.25) is 0 Å². The summed E-state index contributed by atoms with van der Waals surface area (Å²) in [7, 11) is 1.57. The molecule has 0 spiro atoms. The van der Waals surface area contributed by atoms with Gasteiger partial charge in [-0.1, -0.05) is 24.3 Å². The highest BCUT2D eigenvalue weighted by Crippen LogP contribution is 2.34. The largest absolute Gasteiger partial charge is 0.496 e. The molecule has 0 fully saturated rings. The maximum Gasteiger partial charge on any atom is 0.387 e. The van der Waals surface area contributed by atoms with Crippen molar-refractivity contribution in [1.82, 2.24) is 0 Å². The summed E-state index contributed by atoms with van der Waals surface area (Å²) in [5, 5.41) is 0. The highest BCUT2D eigenvalue weighted by molar-refractivity contribution is 5.75. The predicted octanol–water partition coefficient (Wildman–Crippen LogP) is 3.55. The molecular weight excluding hydrogens is 252 g/mol. The van der Waals surface area contributed by atoms with Gasteiger partial charge in [0.15, 0.2) is 0 Å². The van der Waals surface area contributed by atoms with E-state index in [1.165, 1.54) is 6.07 Å². The number of rotatable bonds is 4. The summed E-state index contributed by atoms with van der Waals surface area (Å²) in [4.78, 5) is 0. The Labute approximate surface area is 109 Å². The fourth-order valence-corrected chi connectivity index (χ4v) is 1.80. The van der Waals surface area contributed by atoms with Crippen molar-refractivity contribution in [2.75, 3.05) is 12.8 Å². The fraction of sp³-hybridized carbons (Fsp3) is 0.143. The van der Waals surface area contributed by atoms with Crippen LogP contribution in [-0.2, 0) is 0 Å². The molecule has 0 saturated heterocycles. The molecule has 2 aromatic rings. The monoisotopic (exact) mass is 265 g/mol. The number of alkyl halides is 2. The average molecular weight is 265 g/mol. The van der Waals surface area contributed by atoms with Crippen LogP contribution in [0.3, 0.4) is 0 Å². The van der Waals surface area contributed by atoms with E-state index in [0.29, 0.717) is 5.75 Å². The topological polar surface area (TPSA) is 44.5 Å². The highest BCUT2D eigenvalue weighted by Gasteiger charge is 2.10. The van der Waals surface area contributed by atoms with E-state index in [2.05, 4.69) is 4.74 Å². The Hall–Kier alpha value is -2.30. The first kappa shape index (κ1) is 13.1. The molecule has 0 aromatic heterocycles. The first-order chi connectivity index (χ1) is 9.11. The Morgan fingerprint density at radius 1 is 1.05 bits per heavy atom. The van der Waals surface area contributed by atoms with Crippen LogP contribution in [0.25, 0.3) is 11.1 Å². The summed E-state index contributed by atoms with van der Waals surface area (Å²) in [5.41, 5.74) is 7.46. The van der Waals surface area contributed by atoms with Gasteiger partial charge >= 0.3 is 6.61 Å². The van der Waals surface area contributed by atoms with E-state index in [-0.39, 0.29) is 11.4 Å². The van der Waals surface area contributed by atoms with E-state index >= 15 is 0 Å². The van der Waals surface area contributed by atoms with Crippen LogP contribution in [-0.4, -0.2) is 13.7 Å². The molecule has 2 aromatic carbocycles. The molecule has 0 bridgehead atoms. The molecule has 5 heteroatoms. The molecule has 3 nitrogen and oxygen atoms in total. The van der Waals surface area contributed by atoms with Crippen molar-refractivity contribution in [2.24, 2.45) is 0 Å². The second kappa shape index (κ2) is 5.56. The predicted molar refractivity (Wildman–Crippen MR) is 69.5 cm³/mol. The van der Waals surface area contributed by atoms with Crippen LogP contribution in [0.2, 0.25) is 0 Å². The van der Waals surface area contributed by atoms with Gasteiger partial charge in [0.2, 0.25) is 0 Å². The normalized spacial score (nSPS) is 10.5.